The quantitative estimate of drug-likeness (QED) is 0.783. The van der Waals surface area contributed by atoms with Crippen molar-refractivity contribution in [2.75, 3.05) is 0 Å². The zero-order chi connectivity index (χ0) is 18.2. The Morgan fingerprint density at radius 3 is 2.56 bits per heavy atom. The Morgan fingerprint density at radius 1 is 1.20 bits per heavy atom. The maximum Gasteiger partial charge on any atom is 0.161 e. The molecule has 136 valence electrons. The van der Waals surface area contributed by atoms with Crippen molar-refractivity contribution in [3.05, 3.63) is 23.8 Å². The van der Waals surface area contributed by atoms with E-state index in [1.54, 1.807) is 6.92 Å². The van der Waals surface area contributed by atoms with Gasteiger partial charge in [0.2, 0.25) is 0 Å². The summed E-state index contributed by atoms with van der Waals surface area (Å²) in [6, 6.07) is 0. The van der Waals surface area contributed by atoms with Gasteiger partial charge >= 0.3 is 0 Å². The molecule has 25 heavy (non-hydrogen) atoms. The minimum Gasteiger partial charge on any atom is -0.382 e. The van der Waals surface area contributed by atoms with Crippen molar-refractivity contribution in [1.29, 1.82) is 0 Å². The molecule has 1 N–H and O–H groups in total. The van der Waals surface area contributed by atoms with Gasteiger partial charge in [-0.05, 0) is 80.3 Å². The lowest BCUT2D eigenvalue weighted by Crippen LogP contribution is -2.57. The third-order valence-corrected chi connectivity index (χ3v) is 8.66. The van der Waals surface area contributed by atoms with Crippen LogP contribution in [0.15, 0.2) is 23.8 Å². The number of carbonyl (C=O) groups is 2. The third-order valence-electron chi connectivity index (χ3n) is 8.66. The summed E-state index contributed by atoms with van der Waals surface area (Å²) in [4.78, 5) is 24.2. The normalized spacial score (nSPS) is 49.1. The van der Waals surface area contributed by atoms with Gasteiger partial charge in [0.1, 0.15) is 5.60 Å². The second kappa shape index (κ2) is 5.16. The number of fused-ring (bicyclic) bond motifs is 5. The molecule has 0 aliphatic heterocycles. The maximum atomic E-state index is 12.3. The fourth-order valence-corrected chi connectivity index (χ4v) is 7.16. The van der Waals surface area contributed by atoms with Crippen molar-refractivity contribution >= 4 is 11.6 Å². The van der Waals surface area contributed by atoms with Gasteiger partial charge < -0.3 is 5.11 Å². The van der Waals surface area contributed by atoms with Crippen molar-refractivity contribution in [1.82, 2.24) is 0 Å². The second-order valence-corrected chi connectivity index (χ2v) is 9.54. The van der Waals surface area contributed by atoms with Gasteiger partial charge in [0.15, 0.2) is 11.6 Å². The minimum atomic E-state index is -1.16. The van der Waals surface area contributed by atoms with Crippen LogP contribution in [0.1, 0.15) is 65.7 Å². The smallest absolute Gasteiger partial charge is 0.161 e. The summed E-state index contributed by atoms with van der Waals surface area (Å²) in [6.07, 6.45) is 7.77. The molecule has 0 heterocycles. The highest BCUT2D eigenvalue weighted by Crippen LogP contribution is 2.68. The number of hydrogen-bond donors (Lipinski definition) is 1. The Kier molecular flexibility index (Phi) is 3.55. The van der Waals surface area contributed by atoms with Crippen LogP contribution >= 0.6 is 0 Å². The van der Waals surface area contributed by atoms with Gasteiger partial charge in [0.25, 0.3) is 0 Å². The van der Waals surface area contributed by atoms with Crippen LogP contribution in [-0.2, 0) is 9.59 Å². The molecule has 4 aliphatic rings. The Labute approximate surface area is 150 Å². The van der Waals surface area contributed by atoms with Crippen LogP contribution in [0.5, 0.6) is 0 Å². The Balaban J connectivity index is 1.75. The van der Waals surface area contributed by atoms with Gasteiger partial charge in [-0.25, -0.2) is 0 Å². The van der Waals surface area contributed by atoms with Crippen molar-refractivity contribution < 1.29 is 14.7 Å². The molecular weight excluding hydrogens is 312 g/mol. The number of allylic oxidation sites excluding steroid dienone is 2. The van der Waals surface area contributed by atoms with E-state index in [1.807, 2.05) is 6.08 Å². The van der Waals surface area contributed by atoms with Gasteiger partial charge in [-0.3, -0.25) is 9.59 Å². The average Bonchev–Trinajstić information content (AvgIpc) is 2.83. The molecule has 4 aliphatic carbocycles. The first-order chi connectivity index (χ1) is 11.6. The molecular formula is C22H30O3. The molecule has 6 atom stereocenters. The number of hydrogen-bond acceptors (Lipinski definition) is 3. The third kappa shape index (κ3) is 2.02. The molecule has 0 aromatic carbocycles. The lowest BCUT2D eigenvalue weighted by Gasteiger charge is -2.59. The van der Waals surface area contributed by atoms with Crippen molar-refractivity contribution in [2.24, 2.45) is 28.6 Å². The van der Waals surface area contributed by atoms with Crippen molar-refractivity contribution in [2.45, 2.75) is 71.3 Å². The van der Waals surface area contributed by atoms with Crippen LogP contribution in [0.4, 0.5) is 0 Å². The topological polar surface area (TPSA) is 54.4 Å². The molecule has 0 aromatic heterocycles. The summed E-state index contributed by atoms with van der Waals surface area (Å²) < 4.78 is 0. The summed E-state index contributed by atoms with van der Waals surface area (Å²) >= 11 is 0. The van der Waals surface area contributed by atoms with Crippen LogP contribution in [0.3, 0.4) is 0 Å². The van der Waals surface area contributed by atoms with Gasteiger partial charge in [0, 0.05) is 11.8 Å². The SMILES string of the molecule is C=C1C[C@@H]2[C@H]3CC[C@](O)(C(C)=O)[C@@]3(C)CC[C@@H]2[C@@]2(C)CCC(=O)C=C12. The van der Waals surface area contributed by atoms with Gasteiger partial charge in [-0.15, -0.1) is 0 Å². The van der Waals surface area contributed by atoms with Crippen LogP contribution < -0.4 is 0 Å². The maximum absolute atomic E-state index is 12.3. The van der Waals surface area contributed by atoms with Crippen molar-refractivity contribution in [3.8, 4) is 0 Å². The molecule has 3 fully saturated rings. The summed E-state index contributed by atoms with van der Waals surface area (Å²) in [5.41, 5.74) is 0.852. The number of carbonyl (C=O) groups excluding carboxylic acids is 2. The van der Waals surface area contributed by atoms with E-state index in [9.17, 15) is 14.7 Å². The zero-order valence-corrected chi connectivity index (χ0v) is 15.7. The molecule has 0 unspecified atom stereocenters. The number of aliphatic hydroxyl groups is 1. The Bertz CT molecular complexity index is 704. The minimum absolute atomic E-state index is 0.0339. The van der Waals surface area contributed by atoms with Crippen LogP contribution in [0.2, 0.25) is 0 Å². The molecule has 0 amide bonds. The molecule has 0 bridgehead atoms. The highest BCUT2D eigenvalue weighted by atomic mass is 16.3. The number of ketones is 2. The van der Waals surface area contributed by atoms with Crippen LogP contribution in [0, 0.1) is 28.6 Å². The van der Waals surface area contributed by atoms with Gasteiger partial charge in [0.05, 0.1) is 0 Å². The van der Waals surface area contributed by atoms with E-state index in [0.717, 1.165) is 37.7 Å². The Hall–Kier alpha value is -1.22. The van der Waals surface area contributed by atoms with E-state index in [2.05, 4.69) is 20.4 Å². The van der Waals surface area contributed by atoms with Gasteiger partial charge in [-0.2, -0.15) is 0 Å². The standard InChI is InChI=1S/C22H30O3/c1-13-11-16-17(20(3)8-5-15(24)12-19(13)20)6-9-21(4)18(16)7-10-22(21,25)14(2)23/h12,16-18,25H,1,5-11H2,2-4H3/t16-,17-,18+,20+,21-,22-/m0/s1. The van der Waals surface area contributed by atoms with E-state index < -0.39 is 5.60 Å². The average molecular weight is 342 g/mol. The fourth-order valence-electron chi connectivity index (χ4n) is 7.16. The Morgan fingerprint density at radius 2 is 1.88 bits per heavy atom. The second-order valence-electron chi connectivity index (χ2n) is 9.54. The van der Waals surface area contributed by atoms with E-state index in [-0.39, 0.29) is 22.4 Å². The van der Waals surface area contributed by atoms with E-state index in [1.165, 1.54) is 5.57 Å². The van der Waals surface area contributed by atoms with E-state index >= 15 is 0 Å². The molecule has 3 heteroatoms. The molecule has 4 rings (SSSR count). The molecule has 0 radical (unpaired) electrons. The summed E-state index contributed by atoms with van der Waals surface area (Å²) in [7, 11) is 0. The lowest BCUT2D eigenvalue weighted by atomic mass is 9.45. The van der Waals surface area contributed by atoms with E-state index in [4.69, 9.17) is 0 Å². The molecule has 0 aromatic rings. The fraction of sp³-hybridized carbons (Fsp3) is 0.727. The first kappa shape index (κ1) is 17.2. The first-order valence-electron chi connectivity index (χ1n) is 9.80. The van der Waals surface area contributed by atoms with Crippen LogP contribution in [0.25, 0.3) is 0 Å². The van der Waals surface area contributed by atoms with Gasteiger partial charge in [-0.1, -0.05) is 26.0 Å². The summed E-state index contributed by atoms with van der Waals surface area (Å²) in [5.74, 6) is 1.54. The first-order valence-corrected chi connectivity index (χ1v) is 9.80. The summed E-state index contributed by atoms with van der Waals surface area (Å²) in [5, 5.41) is 11.2. The molecule has 3 nitrogen and oxygen atoms in total. The van der Waals surface area contributed by atoms with Crippen LogP contribution in [-0.4, -0.2) is 22.3 Å². The highest BCUT2D eigenvalue weighted by Gasteiger charge is 2.65. The highest BCUT2D eigenvalue weighted by molar-refractivity contribution is 5.92. The monoisotopic (exact) mass is 342 g/mol. The zero-order valence-electron chi connectivity index (χ0n) is 15.7. The number of rotatable bonds is 1. The molecule has 3 saturated carbocycles. The van der Waals surface area contributed by atoms with Crippen molar-refractivity contribution in [3.63, 3.8) is 0 Å². The predicted molar refractivity (Wildman–Crippen MR) is 96.9 cm³/mol. The lowest BCUT2D eigenvalue weighted by molar-refractivity contribution is -0.159. The van der Waals surface area contributed by atoms with E-state index in [0.29, 0.717) is 30.6 Å². The molecule has 0 saturated heterocycles. The molecule has 0 spiro atoms. The number of Topliss-reactive ketones (excluding diaryl/α,β-unsaturated/α-hetero) is 1. The predicted octanol–water partition coefficient (Wildman–Crippen LogP) is 4.00. The summed E-state index contributed by atoms with van der Waals surface area (Å²) in [6.45, 7) is 10.3. The largest absolute Gasteiger partial charge is 0.382 e.